The molecule has 1 aliphatic heterocycles. The molecule has 0 bridgehead atoms. The first-order chi connectivity index (χ1) is 19.2. The van der Waals surface area contributed by atoms with Gasteiger partial charge in [0, 0.05) is 32.2 Å². The third-order valence-corrected chi connectivity index (χ3v) is 10.2. The number of carbonyl (C=O) groups is 2. The zero-order valence-electron chi connectivity index (χ0n) is 25.6. The summed E-state index contributed by atoms with van der Waals surface area (Å²) in [5, 5.41) is 0. The summed E-state index contributed by atoms with van der Waals surface area (Å²) in [7, 11) is -2.41. The van der Waals surface area contributed by atoms with Crippen molar-refractivity contribution in [2.75, 3.05) is 20.1 Å². The quantitative estimate of drug-likeness (QED) is 0.389. The number of likely N-dealkylation sites (N-methyl/N-ethyl adjacent to an activating group) is 1. The molecular formula is C30H44F3N3O5S. The maximum Gasteiger partial charge on any atom is 0.416 e. The number of hydrogen-bond acceptors (Lipinski definition) is 5. The van der Waals surface area contributed by atoms with Crippen LogP contribution in [0.5, 0.6) is 0 Å². The van der Waals surface area contributed by atoms with Crippen LogP contribution >= 0.6 is 0 Å². The number of amides is 2. The standard InChI is InChI=1S/C30H44F3N3O5S/c1-28(2,3)16-25(34(7)27(38)41-29(4,5)6)26(37)36(21-11-12-21)24-15-8-19-17-35(18-23(19)24)42(39,40)22-13-9-20(10-14-22)30(31,32)33/h9-10,13-14,19,21,23-25H,8,11-12,15-18H2,1-7H3/t19-,23?,24?,25+/m1/s1. The Hall–Kier alpha value is -2.34. The van der Waals surface area contributed by atoms with Crippen molar-refractivity contribution in [3.63, 3.8) is 0 Å². The molecule has 0 radical (unpaired) electrons. The van der Waals surface area contributed by atoms with E-state index < -0.39 is 39.5 Å². The molecule has 2 saturated carbocycles. The van der Waals surface area contributed by atoms with Crippen LogP contribution in [0.25, 0.3) is 0 Å². The minimum atomic E-state index is -4.55. The molecule has 8 nitrogen and oxygen atoms in total. The van der Waals surface area contributed by atoms with Gasteiger partial charge in [-0.15, -0.1) is 0 Å². The van der Waals surface area contributed by atoms with Gasteiger partial charge in [0.15, 0.2) is 0 Å². The molecule has 1 aromatic rings. The maximum atomic E-state index is 14.4. The summed E-state index contributed by atoms with van der Waals surface area (Å²) in [6.45, 7) is 11.8. The summed E-state index contributed by atoms with van der Waals surface area (Å²) >= 11 is 0. The second-order valence-electron chi connectivity index (χ2n) is 14.3. The molecule has 3 aliphatic rings. The molecule has 0 N–H and O–H groups in total. The number of hydrogen-bond donors (Lipinski definition) is 0. The topological polar surface area (TPSA) is 87.2 Å². The molecule has 0 spiro atoms. The van der Waals surface area contributed by atoms with E-state index in [0.29, 0.717) is 6.42 Å². The molecule has 2 unspecified atom stereocenters. The molecule has 4 atom stereocenters. The monoisotopic (exact) mass is 615 g/mol. The molecule has 1 saturated heterocycles. The van der Waals surface area contributed by atoms with Gasteiger partial charge in [-0.25, -0.2) is 13.2 Å². The molecule has 0 aromatic heterocycles. The number of alkyl halides is 3. The van der Waals surface area contributed by atoms with Crippen molar-refractivity contribution in [3.8, 4) is 0 Å². The van der Waals surface area contributed by atoms with Crippen LogP contribution in [0.4, 0.5) is 18.0 Å². The lowest BCUT2D eigenvalue weighted by atomic mass is 9.86. The lowest BCUT2D eigenvalue weighted by molar-refractivity contribution is -0.141. The smallest absolute Gasteiger partial charge is 0.416 e. The number of benzene rings is 1. The molecule has 1 heterocycles. The molecular weight excluding hydrogens is 571 g/mol. The largest absolute Gasteiger partial charge is 0.444 e. The van der Waals surface area contributed by atoms with Gasteiger partial charge in [0.1, 0.15) is 11.6 Å². The molecule has 42 heavy (non-hydrogen) atoms. The van der Waals surface area contributed by atoms with Gasteiger partial charge < -0.3 is 9.64 Å². The summed E-state index contributed by atoms with van der Waals surface area (Å²) in [5.41, 5.74) is -1.88. The summed E-state index contributed by atoms with van der Waals surface area (Å²) in [6.07, 6.45) is -1.50. The van der Waals surface area contributed by atoms with Gasteiger partial charge in [-0.3, -0.25) is 9.69 Å². The molecule has 1 aromatic carbocycles. The number of ether oxygens (including phenoxy) is 1. The van der Waals surface area contributed by atoms with Gasteiger partial charge >= 0.3 is 12.3 Å². The van der Waals surface area contributed by atoms with Crippen LogP contribution in [0, 0.1) is 17.3 Å². The fourth-order valence-corrected chi connectivity index (χ4v) is 7.81. The van der Waals surface area contributed by atoms with E-state index >= 15 is 0 Å². The first kappa shape index (κ1) is 32.6. The third kappa shape index (κ3) is 7.23. The SMILES string of the molecule is CN(C(=O)OC(C)(C)C)[C@@H](CC(C)(C)C)C(=O)N(C1CC1)C1CC[C@@H]2CN(S(=O)(=O)c3ccc(C(F)(F)F)cc3)CC12. The highest BCUT2D eigenvalue weighted by Crippen LogP contribution is 2.46. The molecule has 2 aliphatic carbocycles. The van der Waals surface area contributed by atoms with Crippen molar-refractivity contribution in [1.82, 2.24) is 14.1 Å². The fraction of sp³-hybridized carbons (Fsp3) is 0.733. The zero-order chi connectivity index (χ0) is 31.4. The first-order valence-electron chi connectivity index (χ1n) is 14.6. The van der Waals surface area contributed by atoms with Crippen molar-refractivity contribution in [2.24, 2.45) is 17.3 Å². The Kier molecular flexibility index (Phi) is 8.76. The van der Waals surface area contributed by atoms with Crippen molar-refractivity contribution in [1.29, 1.82) is 0 Å². The average molecular weight is 616 g/mol. The van der Waals surface area contributed by atoms with E-state index in [1.165, 1.54) is 9.21 Å². The highest BCUT2D eigenvalue weighted by atomic mass is 32.2. The second kappa shape index (κ2) is 11.3. The van der Waals surface area contributed by atoms with Gasteiger partial charge in [-0.1, -0.05) is 20.8 Å². The lowest BCUT2D eigenvalue weighted by Gasteiger charge is -2.40. The van der Waals surface area contributed by atoms with Crippen LogP contribution in [0.15, 0.2) is 29.2 Å². The van der Waals surface area contributed by atoms with Gasteiger partial charge in [0.05, 0.1) is 10.5 Å². The fourth-order valence-electron chi connectivity index (χ4n) is 6.27. The van der Waals surface area contributed by atoms with Crippen molar-refractivity contribution < 1.29 is 35.9 Å². The number of fused-ring (bicyclic) bond motifs is 1. The normalized spacial score (nSPS) is 24.3. The molecule has 4 rings (SSSR count). The van der Waals surface area contributed by atoms with Gasteiger partial charge in [-0.2, -0.15) is 17.5 Å². The maximum absolute atomic E-state index is 14.4. The number of rotatable bonds is 7. The predicted octanol–water partition coefficient (Wildman–Crippen LogP) is 5.77. The summed E-state index contributed by atoms with van der Waals surface area (Å²) in [5.74, 6) is -0.200. The number of halogens is 3. The lowest BCUT2D eigenvalue weighted by Crippen LogP contribution is -2.56. The number of carbonyl (C=O) groups excluding carboxylic acids is 2. The molecule has 2 amide bonds. The summed E-state index contributed by atoms with van der Waals surface area (Å²) in [4.78, 5) is 30.6. The Labute approximate surface area is 247 Å². The summed E-state index contributed by atoms with van der Waals surface area (Å²) < 4.78 is 72.9. The van der Waals surface area contributed by atoms with Crippen molar-refractivity contribution >= 4 is 22.0 Å². The molecule has 236 valence electrons. The van der Waals surface area contributed by atoms with Crippen molar-refractivity contribution in [2.45, 2.75) is 108 Å². The van der Waals surface area contributed by atoms with E-state index in [1.54, 1.807) is 27.8 Å². The van der Waals surface area contributed by atoms with Crippen LogP contribution < -0.4 is 0 Å². The van der Waals surface area contributed by atoms with Crippen LogP contribution in [-0.4, -0.2) is 78.4 Å². The number of nitrogens with zero attached hydrogens (tertiary/aromatic N) is 3. The van der Waals surface area contributed by atoms with E-state index in [2.05, 4.69) is 0 Å². The minimum Gasteiger partial charge on any atom is -0.444 e. The third-order valence-electron chi connectivity index (χ3n) is 8.40. The minimum absolute atomic E-state index is 0.0383. The predicted molar refractivity (Wildman–Crippen MR) is 152 cm³/mol. The summed E-state index contributed by atoms with van der Waals surface area (Å²) in [6, 6.07) is 2.70. The Morgan fingerprint density at radius 1 is 0.976 bits per heavy atom. The van der Waals surface area contributed by atoms with Crippen LogP contribution in [0.1, 0.15) is 79.2 Å². The van der Waals surface area contributed by atoms with E-state index in [-0.39, 0.29) is 53.2 Å². The van der Waals surface area contributed by atoms with Gasteiger partial charge in [0.25, 0.3) is 0 Å². The highest BCUT2D eigenvalue weighted by molar-refractivity contribution is 7.89. The van der Waals surface area contributed by atoms with Crippen LogP contribution in [0.2, 0.25) is 0 Å². The van der Waals surface area contributed by atoms with E-state index in [0.717, 1.165) is 49.9 Å². The zero-order valence-corrected chi connectivity index (χ0v) is 26.4. The Morgan fingerprint density at radius 2 is 1.57 bits per heavy atom. The van der Waals surface area contributed by atoms with E-state index in [1.807, 2.05) is 25.7 Å². The van der Waals surface area contributed by atoms with E-state index in [9.17, 15) is 31.2 Å². The van der Waals surface area contributed by atoms with Crippen molar-refractivity contribution in [3.05, 3.63) is 29.8 Å². The Balaban J connectivity index is 1.56. The van der Waals surface area contributed by atoms with Crippen LogP contribution in [-0.2, 0) is 25.7 Å². The first-order valence-corrected chi connectivity index (χ1v) is 16.1. The van der Waals surface area contributed by atoms with Gasteiger partial charge in [-0.05, 0) is 94.4 Å². The van der Waals surface area contributed by atoms with Gasteiger partial charge in [0.2, 0.25) is 15.9 Å². The van der Waals surface area contributed by atoms with E-state index in [4.69, 9.17) is 4.74 Å². The molecule has 12 heteroatoms. The highest BCUT2D eigenvalue weighted by Gasteiger charge is 2.53. The Bertz CT molecular complexity index is 1270. The average Bonchev–Trinajstić information content (AvgIpc) is 3.46. The second-order valence-corrected chi connectivity index (χ2v) is 16.2. The Morgan fingerprint density at radius 3 is 2.07 bits per heavy atom. The molecule has 3 fully saturated rings. The number of sulfonamides is 1. The van der Waals surface area contributed by atoms with Crippen LogP contribution in [0.3, 0.4) is 0 Å².